The van der Waals surface area contributed by atoms with E-state index >= 15 is 0 Å². The summed E-state index contributed by atoms with van der Waals surface area (Å²) in [7, 11) is 0. The van der Waals surface area contributed by atoms with Gasteiger partial charge in [-0.05, 0) is 37.4 Å². The van der Waals surface area contributed by atoms with E-state index in [4.69, 9.17) is 11.6 Å². The summed E-state index contributed by atoms with van der Waals surface area (Å²) in [6.07, 6.45) is -2.37. The van der Waals surface area contributed by atoms with Gasteiger partial charge >= 0.3 is 5.82 Å². The van der Waals surface area contributed by atoms with Gasteiger partial charge in [-0.3, -0.25) is 4.79 Å². The zero-order valence-corrected chi connectivity index (χ0v) is 9.63. The molecule has 0 bridgehead atoms. The Labute approximate surface area is 101 Å². The molecule has 16 heavy (non-hydrogen) atoms. The largest absolute Gasteiger partial charge is 0.373 e. The van der Waals surface area contributed by atoms with Gasteiger partial charge in [-0.1, -0.05) is 0 Å². The standard InChI is InChI=1S/C7H2BrClF2N2O3/c8-4-2(5(9)14)1-12-7(13(15)16)3(4)6(10)11/h1,6H. The van der Waals surface area contributed by atoms with Crippen LogP contribution in [0, 0.1) is 10.1 Å². The third-order valence-corrected chi connectivity index (χ3v) is 2.69. The minimum Gasteiger partial charge on any atom is -0.358 e. The molecular formula is C7H2BrClF2N2O3. The molecule has 5 nitrogen and oxygen atoms in total. The van der Waals surface area contributed by atoms with Crippen molar-refractivity contribution in [3.05, 3.63) is 31.9 Å². The Bertz CT molecular complexity index is 469. The number of hydrogen-bond acceptors (Lipinski definition) is 4. The molecule has 0 radical (unpaired) electrons. The molecule has 0 spiro atoms. The molecule has 0 fully saturated rings. The topological polar surface area (TPSA) is 73.1 Å². The van der Waals surface area contributed by atoms with Gasteiger partial charge in [0.05, 0.1) is 10.0 Å². The fraction of sp³-hybridized carbons (Fsp3) is 0.143. The van der Waals surface area contributed by atoms with E-state index in [-0.39, 0.29) is 5.56 Å². The first kappa shape index (κ1) is 12.9. The van der Waals surface area contributed by atoms with Crippen molar-refractivity contribution in [1.29, 1.82) is 0 Å². The molecule has 0 saturated heterocycles. The normalized spacial score (nSPS) is 10.6. The van der Waals surface area contributed by atoms with E-state index in [0.717, 1.165) is 6.20 Å². The quantitative estimate of drug-likeness (QED) is 0.488. The van der Waals surface area contributed by atoms with E-state index in [1.807, 2.05) is 0 Å². The van der Waals surface area contributed by atoms with Gasteiger partial charge < -0.3 is 10.1 Å². The number of aromatic nitrogens is 1. The van der Waals surface area contributed by atoms with Crippen molar-refractivity contribution in [2.45, 2.75) is 6.43 Å². The molecule has 0 amide bonds. The molecule has 1 rings (SSSR count). The summed E-state index contributed by atoms with van der Waals surface area (Å²) in [4.78, 5) is 23.3. The second kappa shape index (κ2) is 4.79. The summed E-state index contributed by atoms with van der Waals surface area (Å²) in [5, 5.41) is 9.40. The minimum atomic E-state index is -3.14. The molecule has 0 N–H and O–H groups in total. The molecule has 1 aromatic rings. The molecule has 0 atom stereocenters. The molecule has 0 unspecified atom stereocenters. The maximum absolute atomic E-state index is 12.6. The predicted molar refractivity (Wildman–Crippen MR) is 53.7 cm³/mol. The summed E-state index contributed by atoms with van der Waals surface area (Å²) >= 11 is 7.77. The van der Waals surface area contributed by atoms with Crippen LogP contribution in [-0.2, 0) is 0 Å². The summed E-state index contributed by atoms with van der Waals surface area (Å²) in [5.41, 5.74) is -1.31. The number of rotatable bonds is 3. The lowest BCUT2D eigenvalue weighted by atomic mass is 10.2. The predicted octanol–water partition coefficient (Wildman–Crippen LogP) is 3.07. The lowest BCUT2D eigenvalue weighted by Crippen LogP contribution is -2.04. The molecule has 1 heterocycles. The van der Waals surface area contributed by atoms with Crippen LogP contribution in [0.25, 0.3) is 0 Å². The van der Waals surface area contributed by atoms with Crippen LogP contribution in [0.1, 0.15) is 22.3 Å². The minimum absolute atomic E-state index is 0.345. The first-order valence-corrected chi connectivity index (χ1v) is 4.84. The zero-order chi connectivity index (χ0) is 12.5. The highest BCUT2D eigenvalue weighted by atomic mass is 79.9. The third kappa shape index (κ3) is 2.33. The molecule has 0 aliphatic carbocycles. The third-order valence-electron chi connectivity index (χ3n) is 1.63. The van der Waals surface area contributed by atoms with Crippen LogP contribution in [0.2, 0.25) is 0 Å². The lowest BCUT2D eigenvalue weighted by Gasteiger charge is -2.05. The highest BCUT2D eigenvalue weighted by molar-refractivity contribution is 9.10. The van der Waals surface area contributed by atoms with Gasteiger partial charge in [0, 0.05) is 0 Å². The molecule has 0 aliphatic rings. The van der Waals surface area contributed by atoms with Crippen molar-refractivity contribution in [2.24, 2.45) is 0 Å². The van der Waals surface area contributed by atoms with E-state index in [9.17, 15) is 23.7 Å². The number of nitrogens with zero attached hydrogens (tertiary/aromatic N) is 2. The maximum atomic E-state index is 12.6. The first-order chi connectivity index (χ1) is 7.36. The van der Waals surface area contributed by atoms with Gasteiger partial charge in [-0.25, -0.2) is 8.78 Å². The molecular weight excluding hydrogens is 313 g/mol. The lowest BCUT2D eigenvalue weighted by molar-refractivity contribution is -0.391. The summed E-state index contributed by atoms with van der Waals surface area (Å²) < 4.78 is 24.7. The molecule has 0 saturated carbocycles. The van der Waals surface area contributed by atoms with Crippen molar-refractivity contribution in [2.75, 3.05) is 0 Å². The second-order valence-electron chi connectivity index (χ2n) is 2.55. The Hall–Kier alpha value is -1.15. The van der Waals surface area contributed by atoms with Crippen molar-refractivity contribution < 1.29 is 18.5 Å². The van der Waals surface area contributed by atoms with Crippen LogP contribution in [0.3, 0.4) is 0 Å². The average Bonchev–Trinajstić information content (AvgIpc) is 2.15. The number of pyridine rings is 1. The van der Waals surface area contributed by atoms with Gasteiger partial charge in [-0.2, -0.15) is 0 Å². The van der Waals surface area contributed by atoms with E-state index in [2.05, 4.69) is 20.9 Å². The smallest absolute Gasteiger partial charge is 0.358 e. The van der Waals surface area contributed by atoms with E-state index in [1.165, 1.54) is 0 Å². The van der Waals surface area contributed by atoms with E-state index < -0.39 is 32.4 Å². The Morgan fingerprint density at radius 3 is 2.56 bits per heavy atom. The molecule has 86 valence electrons. The maximum Gasteiger partial charge on any atom is 0.373 e. The fourth-order valence-electron chi connectivity index (χ4n) is 0.971. The Kier molecular flexibility index (Phi) is 3.87. The number of hydrogen-bond donors (Lipinski definition) is 0. The van der Waals surface area contributed by atoms with Crippen molar-refractivity contribution in [3.63, 3.8) is 0 Å². The number of alkyl halides is 2. The van der Waals surface area contributed by atoms with Gasteiger partial charge in [0.15, 0.2) is 6.20 Å². The van der Waals surface area contributed by atoms with Crippen LogP contribution in [0.5, 0.6) is 0 Å². The summed E-state index contributed by atoms with van der Waals surface area (Å²) in [6, 6.07) is 0. The van der Waals surface area contributed by atoms with Crippen LogP contribution >= 0.6 is 27.5 Å². The van der Waals surface area contributed by atoms with Gasteiger partial charge in [-0.15, -0.1) is 0 Å². The Morgan fingerprint density at radius 1 is 1.62 bits per heavy atom. The van der Waals surface area contributed by atoms with Crippen LogP contribution in [0.15, 0.2) is 10.7 Å². The SMILES string of the molecule is O=C(Cl)c1cnc([N+](=O)[O-])c(C(F)F)c1Br. The summed E-state index contributed by atoms with van der Waals surface area (Å²) in [6.45, 7) is 0. The van der Waals surface area contributed by atoms with Crippen molar-refractivity contribution >= 4 is 38.6 Å². The molecule has 0 aromatic carbocycles. The summed E-state index contributed by atoms with van der Waals surface area (Å²) in [5.74, 6) is -1.01. The Balaban J connectivity index is 3.54. The first-order valence-electron chi connectivity index (χ1n) is 3.67. The van der Waals surface area contributed by atoms with Gasteiger partial charge in [0.1, 0.15) is 5.56 Å². The highest BCUT2D eigenvalue weighted by Gasteiger charge is 2.30. The fourth-order valence-corrected chi connectivity index (χ4v) is 1.86. The van der Waals surface area contributed by atoms with E-state index in [1.54, 1.807) is 0 Å². The molecule has 1 aromatic heterocycles. The number of halogens is 4. The highest BCUT2D eigenvalue weighted by Crippen LogP contribution is 2.36. The second-order valence-corrected chi connectivity index (χ2v) is 3.69. The number of carbonyl (C=O) groups is 1. The number of nitro groups is 1. The zero-order valence-electron chi connectivity index (χ0n) is 7.29. The number of carbonyl (C=O) groups excluding carboxylic acids is 1. The van der Waals surface area contributed by atoms with Crippen LogP contribution in [0.4, 0.5) is 14.6 Å². The van der Waals surface area contributed by atoms with Gasteiger partial charge in [0.25, 0.3) is 11.7 Å². The van der Waals surface area contributed by atoms with Gasteiger partial charge in [0.2, 0.25) is 0 Å². The van der Waals surface area contributed by atoms with Crippen molar-refractivity contribution in [3.8, 4) is 0 Å². The van der Waals surface area contributed by atoms with E-state index in [0.29, 0.717) is 0 Å². The monoisotopic (exact) mass is 314 g/mol. The molecule has 0 aliphatic heterocycles. The van der Waals surface area contributed by atoms with Crippen LogP contribution < -0.4 is 0 Å². The van der Waals surface area contributed by atoms with Crippen molar-refractivity contribution in [1.82, 2.24) is 4.98 Å². The average molecular weight is 315 g/mol. The van der Waals surface area contributed by atoms with Crippen LogP contribution in [-0.4, -0.2) is 15.1 Å². The molecule has 9 heteroatoms. The Morgan fingerprint density at radius 2 is 2.19 bits per heavy atom.